The van der Waals surface area contributed by atoms with Crippen molar-refractivity contribution in [3.05, 3.63) is 63.1 Å². The number of hydrogen-bond acceptors (Lipinski definition) is 5. The zero-order chi connectivity index (χ0) is 18.0. The van der Waals surface area contributed by atoms with Crippen molar-refractivity contribution in [2.45, 2.75) is 13.5 Å². The largest absolute Gasteiger partial charge is 0.321 e. The number of urea groups is 1. The number of aromatic nitrogens is 1. The van der Waals surface area contributed by atoms with Crippen LogP contribution in [0.3, 0.4) is 0 Å². The molecule has 0 saturated carbocycles. The molecule has 128 valence electrons. The predicted molar refractivity (Wildman–Crippen MR) is 97.9 cm³/mol. The molecule has 0 aliphatic carbocycles. The molecule has 3 aromatic rings. The minimum atomic E-state index is -0.462. The maximum atomic E-state index is 12.4. The Morgan fingerprint density at radius 3 is 2.76 bits per heavy atom. The van der Waals surface area contributed by atoms with Crippen LogP contribution in [0.25, 0.3) is 10.2 Å². The average Bonchev–Trinajstić information content (AvgIpc) is 2.98. The molecule has 0 atom stereocenters. The first-order valence-electron chi connectivity index (χ1n) is 7.56. The van der Waals surface area contributed by atoms with Crippen LogP contribution >= 0.6 is 11.3 Å². The molecule has 2 aromatic carbocycles. The number of para-hydroxylation sites is 1. The fraction of sp³-hybridized carbons (Fsp3) is 0.176. The molecule has 1 N–H and O–H groups in total. The first-order valence-corrected chi connectivity index (χ1v) is 8.38. The Morgan fingerprint density at radius 2 is 2.04 bits per heavy atom. The summed E-state index contributed by atoms with van der Waals surface area (Å²) in [5.41, 5.74) is 1.74. The average molecular weight is 356 g/mol. The van der Waals surface area contributed by atoms with E-state index < -0.39 is 4.92 Å². The van der Waals surface area contributed by atoms with Crippen LogP contribution in [0.4, 0.5) is 16.2 Å². The smallest absolute Gasteiger partial charge is 0.321 e. The van der Waals surface area contributed by atoms with Crippen molar-refractivity contribution < 1.29 is 9.72 Å². The van der Waals surface area contributed by atoms with E-state index in [0.29, 0.717) is 17.8 Å². The number of nitro groups is 1. The molecule has 3 rings (SSSR count). The molecule has 0 spiro atoms. The van der Waals surface area contributed by atoms with E-state index in [9.17, 15) is 14.9 Å². The second-order valence-corrected chi connectivity index (χ2v) is 6.68. The van der Waals surface area contributed by atoms with Crippen LogP contribution in [0.1, 0.15) is 10.6 Å². The summed E-state index contributed by atoms with van der Waals surface area (Å²) in [5, 5.41) is 14.5. The van der Waals surface area contributed by atoms with E-state index >= 15 is 0 Å². The molecule has 7 nitrogen and oxygen atoms in total. The van der Waals surface area contributed by atoms with Gasteiger partial charge in [-0.1, -0.05) is 18.2 Å². The minimum Gasteiger partial charge on any atom is -0.321 e. The molecule has 0 radical (unpaired) electrons. The normalized spacial score (nSPS) is 10.6. The first-order chi connectivity index (χ1) is 12.0. The third-order valence-electron chi connectivity index (χ3n) is 3.80. The van der Waals surface area contributed by atoms with Crippen LogP contribution in [0.15, 0.2) is 42.5 Å². The van der Waals surface area contributed by atoms with Crippen LogP contribution in [0.5, 0.6) is 0 Å². The fourth-order valence-corrected chi connectivity index (χ4v) is 3.45. The number of carbonyl (C=O) groups excluding carboxylic acids is 1. The minimum absolute atomic E-state index is 0.0216. The number of hydrogen-bond donors (Lipinski definition) is 1. The zero-order valence-corrected chi connectivity index (χ0v) is 14.5. The van der Waals surface area contributed by atoms with Crippen molar-refractivity contribution in [1.82, 2.24) is 9.88 Å². The highest BCUT2D eigenvalue weighted by Gasteiger charge is 2.17. The zero-order valence-electron chi connectivity index (χ0n) is 13.7. The summed E-state index contributed by atoms with van der Waals surface area (Å²) < 4.78 is 1.07. The number of carbonyl (C=O) groups is 1. The van der Waals surface area contributed by atoms with Crippen LogP contribution in [0, 0.1) is 17.0 Å². The number of fused-ring (bicyclic) bond motifs is 1. The Labute approximate surface area is 148 Å². The molecule has 0 unspecified atom stereocenters. The molecule has 8 heteroatoms. The number of anilines is 1. The van der Waals surface area contributed by atoms with Gasteiger partial charge in [-0.15, -0.1) is 11.3 Å². The third kappa shape index (κ3) is 3.58. The molecule has 0 aliphatic heterocycles. The van der Waals surface area contributed by atoms with Crippen molar-refractivity contribution in [3.63, 3.8) is 0 Å². The lowest BCUT2D eigenvalue weighted by Gasteiger charge is -2.17. The lowest BCUT2D eigenvalue weighted by Crippen LogP contribution is -2.31. The summed E-state index contributed by atoms with van der Waals surface area (Å²) >= 11 is 1.54. The van der Waals surface area contributed by atoms with Crippen LogP contribution < -0.4 is 5.32 Å². The van der Waals surface area contributed by atoms with E-state index in [4.69, 9.17) is 0 Å². The second kappa shape index (κ2) is 6.86. The Hall–Kier alpha value is -3.00. The number of nitrogens with zero attached hydrogens (tertiary/aromatic N) is 3. The molecular weight excluding hydrogens is 340 g/mol. The van der Waals surface area contributed by atoms with Gasteiger partial charge in [0.1, 0.15) is 5.01 Å². The predicted octanol–water partition coefficient (Wildman–Crippen LogP) is 4.18. The highest BCUT2D eigenvalue weighted by Crippen LogP contribution is 2.26. The molecule has 0 saturated heterocycles. The van der Waals surface area contributed by atoms with Crippen molar-refractivity contribution in [3.8, 4) is 0 Å². The number of nitrogens with one attached hydrogen (secondary N) is 1. The van der Waals surface area contributed by atoms with Crippen LogP contribution in [-0.2, 0) is 6.54 Å². The molecule has 2 amide bonds. The van der Waals surface area contributed by atoms with Gasteiger partial charge < -0.3 is 10.2 Å². The highest BCUT2D eigenvalue weighted by atomic mass is 32.1. The lowest BCUT2D eigenvalue weighted by molar-refractivity contribution is -0.385. The van der Waals surface area contributed by atoms with Gasteiger partial charge in [-0.2, -0.15) is 0 Å². The highest BCUT2D eigenvalue weighted by molar-refractivity contribution is 7.18. The lowest BCUT2D eigenvalue weighted by atomic mass is 10.1. The number of amides is 2. The first kappa shape index (κ1) is 16.8. The maximum Gasteiger partial charge on any atom is 0.321 e. The van der Waals surface area contributed by atoms with Crippen molar-refractivity contribution in [2.24, 2.45) is 0 Å². The molecule has 25 heavy (non-hydrogen) atoms. The second-order valence-electron chi connectivity index (χ2n) is 5.57. The van der Waals surface area contributed by atoms with Gasteiger partial charge in [-0.05, 0) is 25.1 Å². The molecule has 0 fully saturated rings. The maximum absolute atomic E-state index is 12.4. The quantitative estimate of drug-likeness (QED) is 0.561. The monoisotopic (exact) mass is 356 g/mol. The van der Waals surface area contributed by atoms with E-state index in [1.807, 2.05) is 24.3 Å². The summed E-state index contributed by atoms with van der Waals surface area (Å²) in [6.45, 7) is 1.97. The molecular formula is C17H16N4O3S. The van der Waals surface area contributed by atoms with Gasteiger partial charge in [-0.3, -0.25) is 10.1 Å². The molecule has 0 bridgehead atoms. The Morgan fingerprint density at radius 1 is 1.28 bits per heavy atom. The Balaban J connectivity index is 1.72. The van der Waals surface area contributed by atoms with Gasteiger partial charge in [0.05, 0.1) is 32.9 Å². The van der Waals surface area contributed by atoms with Gasteiger partial charge in [-0.25, -0.2) is 9.78 Å². The summed E-state index contributed by atoms with van der Waals surface area (Å²) in [6.07, 6.45) is 0. The van der Waals surface area contributed by atoms with Crippen molar-refractivity contribution in [2.75, 3.05) is 12.4 Å². The van der Waals surface area contributed by atoms with Gasteiger partial charge in [0, 0.05) is 13.1 Å². The number of thiazole rings is 1. The Bertz CT molecular complexity index is 921. The summed E-state index contributed by atoms with van der Waals surface area (Å²) in [5.74, 6) is 0. The fourth-order valence-electron chi connectivity index (χ4n) is 2.43. The van der Waals surface area contributed by atoms with E-state index in [1.54, 1.807) is 26.1 Å². The van der Waals surface area contributed by atoms with E-state index in [2.05, 4.69) is 10.3 Å². The molecule has 1 aromatic heterocycles. The summed E-state index contributed by atoms with van der Waals surface area (Å²) in [4.78, 5) is 28.9. The van der Waals surface area contributed by atoms with Crippen LogP contribution in [0.2, 0.25) is 0 Å². The van der Waals surface area contributed by atoms with Gasteiger partial charge >= 0.3 is 6.03 Å². The summed E-state index contributed by atoms with van der Waals surface area (Å²) in [7, 11) is 1.66. The third-order valence-corrected chi connectivity index (χ3v) is 4.82. The van der Waals surface area contributed by atoms with Gasteiger partial charge in [0.15, 0.2) is 0 Å². The standard InChI is InChI=1S/C17H16N4O3S/c1-11-12(7-5-8-14(11)21(23)24)19-17(22)20(2)10-16-18-13-6-3-4-9-15(13)25-16/h3-9H,10H2,1-2H3,(H,19,22). The van der Waals surface area contributed by atoms with Crippen LogP contribution in [-0.4, -0.2) is 27.9 Å². The van der Waals surface area contributed by atoms with Crippen molar-refractivity contribution >= 4 is 39.0 Å². The topological polar surface area (TPSA) is 88.4 Å². The van der Waals surface area contributed by atoms with Crippen molar-refractivity contribution in [1.29, 1.82) is 0 Å². The SMILES string of the molecule is Cc1c(NC(=O)N(C)Cc2nc3ccccc3s2)cccc1[N+](=O)[O-]. The number of benzene rings is 2. The van der Waals surface area contributed by atoms with E-state index in [0.717, 1.165) is 15.2 Å². The Kier molecular flexibility index (Phi) is 4.62. The molecule has 1 heterocycles. The number of rotatable bonds is 4. The van der Waals surface area contributed by atoms with E-state index in [-0.39, 0.29) is 11.7 Å². The summed E-state index contributed by atoms with van der Waals surface area (Å²) in [6, 6.07) is 12.1. The van der Waals surface area contributed by atoms with E-state index in [1.165, 1.54) is 22.3 Å². The van der Waals surface area contributed by atoms with Gasteiger partial charge in [0.2, 0.25) is 0 Å². The number of nitro benzene ring substituents is 1. The molecule has 0 aliphatic rings. The van der Waals surface area contributed by atoms with Gasteiger partial charge in [0.25, 0.3) is 5.69 Å².